The molecule has 4 fully saturated rings. The second-order valence-corrected chi connectivity index (χ2v) is 20.8. The summed E-state index contributed by atoms with van der Waals surface area (Å²) in [7, 11) is 0. The van der Waals surface area contributed by atoms with Gasteiger partial charge in [-0.3, -0.25) is 0 Å². The summed E-state index contributed by atoms with van der Waals surface area (Å²) in [6.07, 6.45) is 8.21. The summed E-state index contributed by atoms with van der Waals surface area (Å²) in [5, 5.41) is 2.56. The molecular formula is C58H53N. The van der Waals surface area contributed by atoms with Gasteiger partial charge in [-0.15, -0.1) is 0 Å². The van der Waals surface area contributed by atoms with E-state index in [2.05, 4.69) is 184 Å². The molecule has 0 N–H and O–H groups in total. The van der Waals surface area contributed by atoms with Crippen LogP contribution in [0.4, 0.5) is 17.1 Å². The summed E-state index contributed by atoms with van der Waals surface area (Å²) >= 11 is 0. The average molecular weight is 764 g/mol. The van der Waals surface area contributed by atoms with Gasteiger partial charge in [-0.25, -0.2) is 0 Å². The van der Waals surface area contributed by atoms with E-state index < -0.39 is 0 Å². The zero-order valence-electron chi connectivity index (χ0n) is 34.9. The van der Waals surface area contributed by atoms with E-state index in [9.17, 15) is 0 Å². The maximum absolute atomic E-state index is 2.67. The fourth-order valence-corrected chi connectivity index (χ4v) is 14.9. The first-order valence-corrected chi connectivity index (χ1v) is 22.6. The Kier molecular flexibility index (Phi) is 6.81. The normalized spacial score (nSPS) is 28.0. The minimum absolute atomic E-state index is 0.0775. The molecule has 7 aromatic carbocycles. The lowest BCUT2D eigenvalue weighted by Crippen LogP contribution is -2.73. The fourth-order valence-electron chi connectivity index (χ4n) is 14.9. The molecule has 2 bridgehead atoms. The molecule has 4 saturated carbocycles. The van der Waals surface area contributed by atoms with Crippen LogP contribution in [0.1, 0.15) is 88.5 Å². The molecule has 1 heteroatoms. The van der Waals surface area contributed by atoms with Crippen molar-refractivity contribution < 1.29 is 0 Å². The lowest BCUT2D eigenvalue weighted by atomic mass is 9.27. The molecule has 0 radical (unpaired) electrons. The van der Waals surface area contributed by atoms with Gasteiger partial charge in [0.2, 0.25) is 0 Å². The fraction of sp³-hybridized carbons (Fsp3) is 0.310. The van der Waals surface area contributed by atoms with E-state index in [1.807, 2.05) is 0 Å². The third kappa shape index (κ3) is 4.37. The predicted octanol–water partition coefficient (Wildman–Crippen LogP) is 15.3. The smallest absolute Gasteiger partial charge is 0.0540 e. The minimum atomic E-state index is 0.0775. The van der Waals surface area contributed by atoms with Gasteiger partial charge in [0, 0.05) is 22.4 Å². The van der Waals surface area contributed by atoms with Crippen molar-refractivity contribution in [2.24, 2.45) is 29.1 Å². The molecule has 2 spiro atoms. The maximum Gasteiger partial charge on any atom is 0.0540 e. The van der Waals surface area contributed by atoms with Gasteiger partial charge in [0.1, 0.15) is 0 Å². The van der Waals surface area contributed by atoms with Crippen molar-refractivity contribution in [1.29, 1.82) is 0 Å². The van der Waals surface area contributed by atoms with Crippen LogP contribution in [0.3, 0.4) is 0 Å². The van der Waals surface area contributed by atoms with E-state index in [4.69, 9.17) is 0 Å². The van der Waals surface area contributed by atoms with Crippen LogP contribution in [0.15, 0.2) is 152 Å². The largest absolute Gasteiger partial charge is 0.310 e. The quantitative estimate of drug-likeness (QED) is 0.169. The van der Waals surface area contributed by atoms with Crippen molar-refractivity contribution >= 4 is 27.8 Å². The molecule has 6 aliphatic rings. The first-order valence-electron chi connectivity index (χ1n) is 22.6. The number of rotatable bonds is 5. The molecule has 0 aromatic heterocycles. The van der Waals surface area contributed by atoms with E-state index in [1.54, 1.807) is 11.1 Å². The Morgan fingerprint density at radius 3 is 1.98 bits per heavy atom. The molecule has 13 rings (SSSR count). The van der Waals surface area contributed by atoms with Crippen molar-refractivity contribution in [2.45, 2.75) is 82.5 Å². The SMILES string of the molecule is CC1(C)CCC(C)(C)c2c(-c3ccccc3N(c3ccc(-c4ccc5ccccc5c4)cc3)c3ccc4c(c3)C3(c5ccccc5-4)C4CC5CC6CC3C64C5)cccc21. The zero-order chi connectivity index (χ0) is 39.5. The van der Waals surface area contributed by atoms with Gasteiger partial charge in [-0.2, -0.15) is 0 Å². The average Bonchev–Trinajstić information content (AvgIpc) is 3.89. The topological polar surface area (TPSA) is 3.24 Å². The van der Waals surface area contributed by atoms with E-state index in [0.29, 0.717) is 5.41 Å². The molecule has 290 valence electrons. The standard InChI is InChI=1S/C58H53N/c1-55(2)28-29-56(3,4)54-47(16-11-18-49(54)55)46-15-8-10-19-51(46)59(42-24-22-38(23-25-42)40-21-20-37-12-5-6-13-39(37)32-40)43-26-27-45-44-14-7-9-17-48(44)58(50(45)34-43)52-31-36-30-41-33-53(58)57(41,52)35-36/h5-27,32,34,36,41,52-53H,28-31,33,35H2,1-4H3. The molecule has 0 aliphatic heterocycles. The van der Waals surface area contributed by atoms with E-state index in [0.717, 1.165) is 23.7 Å². The van der Waals surface area contributed by atoms with E-state index >= 15 is 0 Å². The summed E-state index contributed by atoms with van der Waals surface area (Å²) in [5.74, 6) is 3.46. The third-order valence-electron chi connectivity index (χ3n) is 17.4. The second-order valence-electron chi connectivity index (χ2n) is 20.8. The summed E-state index contributed by atoms with van der Waals surface area (Å²) < 4.78 is 0. The Bertz CT molecular complexity index is 2890. The van der Waals surface area contributed by atoms with Gasteiger partial charge in [0.25, 0.3) is 0 Å². The highest BCUT2D eigenvalue weighted by Crippen LogP contribution is 2.89. The molecule has 6 aliphatic carbocycles. The molecule has 0 amide bonds. The summed E-state index contributed by atoms with van der Waals surface area (Å²) in [4.78, 5) is 2.61. The molecule has 6 unspecified atom stereocenters. The van der Waals surface area contributed by atoms with Crippen LogP contribution in [-0.2, 0) is 16.2 Å². The lowest BCUT2D eigenvalue weighted by molar-refractivity contribution is -0.231. The van der Waals surface area contributed by atoms with Crippen LogP contribution in [0.2, 0.25) is 0 Å². The van der Waals surface area contributed by atoms with Gasteiger partial charge in [0.05, 0.1) is 5.69 Å². The van der Waals surface area contributed by atoms with Gasteiger partial charge < -0.3 is 4.90 Å². The Morgan fingerprint density at radius 2 is 1.14 bits per heavy atom. The molecule has 59 heavy (non-hydrogen) atoms. The monoisotopic (exact) mass is 763 g/mol. The molecule has 0 heterocycles. The number of benzene rings is 7. The summed E-state index contributed by atoms with van der Waals surface area (Å²) in [5.41, 5.74) is 19.1. The zero-order valence-corrected chi connectivity index (χ0v) is 34.9. The van der Waals surface area contributed by atoms with Crippen LogP contribution < -0.4 is 4.90 Å². The second kappa shape index (κ2) is 11.7. The van der Waals surface area contributed by atoms with Crippen molar-refractivity contribution in [1.82, 2.24) is 0 Å². The first-order chi connectivity index (χ1) is 28.7. The van der Waals surface area contributed by atoms with Crippen LogP contribution in [0.5, 0.6) is 0 Å². The van der Waals surface area contributed by atoms with Crippen molar-refractivity contribution in [2.75, 3.05) is 4.90 Å². The van der Waals surface area contributed by atoms with Crippen molar-refractivity contribution in [3.63, 3.8) is 0 Å². The number of nitrogens with zero attached hydrogens (tertiary/aromatic N) is 1. The Balaban J connectivity index is 1.01. The highest BCUT2D eigenvalue weighted by molar-refractivity contribution is 5.93. The highest BCUT2D eigenvalue weighted by Gasteiger charge is 2.84. The molecule has 7 aromatic rings. The van der Waals surface area contributed by atoms with Gasteiger partial charge >= 0.3 is 0 Å². The third-order valence-corrected chi connectivity index (χ3v) is 17.4. The highest BCUT2D eigenvalue weighted by atomic mass is 15.1. The van der Waals surface area contributed by atoms with Gasteiger partial charge in [0.15, 0.2) is 0 Å². The van der Waals surface area contributed by atoms with Crippen LogP contribution >= 0.6 is 0 Å². The van der Waals surface area contributed by atoms with Crippen LogP contribution in [-0.4, -0.2) is 0 Å². The number of fused-ring (bicyclic) bond motifs is 10. The first kappa shape index (κ1) is 34.5. The molecule has 0 saturated heterocycles. The lowest BCUT2D eigenvalue weighted by Gasteiger charge is -2.76. The number of para-hydroxylation sites is 1. The van der Waals surface area contributed by atoms with Crippen LogP contribution in [0.25, 0.3) is 44.2 Å². The molecule has 1 nitrogen and oxygen atoms in total. The van der Waals surface area contributed by atoms with E-state index in [1.165, 1.54) is 111 Å². The molecule has 6 atom stereocenters. The summed E-state index contributed by atoms with van der Waals surface area (Å²) in [6, 6.07) is 58.6. The number of hydrogen-bond donors (Lipinski definition) is 0. The Labute approximate surface area is 350 Å². The van der Waals surface area contributed by atoms with Gasteiger partial charge in [-0.05, 0) is 176 Å². The maximum atomic E-state index is 2.67. The number of anilines is 3. The van der Waals surface area contributed by atoms with Crippen molar-refractivity contribution in [3.05, 3.63) is 174 Å². The van der Waals surface area contributed by atoms with Crippen LogP contribution in [0, 0.1) is 29.1 Å². The Hall–Kier alpha value is -5.40. The molecular weight excluding hydrogens is 711 g/mol. The number of hydrogen-bond acceptors (Lipinski definition) is 1. The Morgan fingerprint density at radius 1 is 0.475 bits per heavy atom. The van der Waals surface area contributed by atoms with Crippen molar-refractivity contribution in [3.8, 4) is 33.4 Å². The predicted molar refractivity (Wildman–Crippen MR) is 246 cm³/mol. The summed E-state index contributed by atoms with van der Waals surface area (Å²) in [6.45, 7) is 9.84. The van der Waals surface area contributed by atoms with Gasteiger partial charge in [-0.1, -0.05) is 143 Å². The minimum Gasteiger partial charge on any atom is -0.310 e. The van der Waals surface area contributed by atoms with E-state index in [-0.39, 0.29) is 16.2 Å².